The Labute approximate surface area is 212 Å². The van der Waals surface area contributed by atoms with E-state index in [4.69, 9.17) is 15.1 Å². The van der Waals surface area contributed by atoms with Crippen molar-refractivity contribution in [1.82, 2.24) is 35.1 Å². The quantitative estimate of drug-likeness (QED) is 0.339. The molecule has 1 saturated heterocycles. The number of ether oxygens (including phenoxy) is 1. The van der Waals surface area contributed by atoms with Gasteiger partial charge in [-0.05, 0) is 35.4 Å². The highest BCUT2D eigenvalue weighted by molar-refractivity contribution is 7.91. The van der Waals surface area contributed by atoms with E-state index in [-0.39, 0.29) is 23.2 Å². The fraction of sp³-hybridized carbons (Fsp3) is 0.348. The fourth-order valence-corrected chi connectivity index (χ4v) is 5.42. The molecule has 1 aliphatic rings. The molecule has 0 unspecified atom stereocenters. The zero-order chi connectivity index (χ0) is 26.0. The summed E-state index contributed by atoms with van der Waals surface area (Å²) in [5, 5.41) is 10.3. The van der Waals surface area contributed by atoms with Crippen molar-refractivity contribution in [2.75, 3.05) is 43.4 Å². The number of pyridine rings is 1. The van der Waals surface area contributed by atoms with Crippen LogP contribution in [0.4, 0.5) is 5.82 Å². The van der Waals surface area contributed by atoms with Crippen molar-refractivity contribution in [2.45, 2.75) is 13.5 Å². The zero-order valence-corrected chi connectivity index (χ0v) is 20.9. The molecule has 13 nitrogen and oxygen atoms in total. The zero-order valence-electron chi connectivity index (χ0n) is 20.1. The largest absolute Gasteiger partial charge is 0.439 e. The Morgan fingerprint density at radius 1 is 1.22 bits per heavy atom. The van der Waals surface area contributed by atoms with Crippen LogP contribution in [-0.4, -0.2) is 81.8 Å². The second-order valence-electron chi connectivity index (χ2n) is 8.57. The SMILES string of the molecule is CCn1c(-c2nonc2N)nc2cnc(Oc3cccc(C(=O)NCCN4CCS(=O)(=O)CC4)c3)cc21. The van der Waals surface area contributed by atoms with Gasteiger partial charge in [0, 0.05) is 44.4 Å². The van der Waals surface area contributed by atoms with Gasteiger partial charge in [0.25, 0.3) is 5.91 Å². The molecular formula is C23H26N8O5S. The third-order valence-corrected chi connectivity index (χ3v) is 7.73. The predicted octanol–water partition coefficient (Wildman–Crippen LogP) is 1.34. The van der Waals surface area contributed by atoms with Crippen LogP contribution in [0.15, 0.2) is 41.2 Å². The number of rotatable bonds is 8. The van der Waals surface area contributed by atoms with Gasteiger partial charge in [-0.3, -0.25) is 9.69 Å². The van der Waals surface area contributed by atoms with Gasteiger partial charge in [0.1, 0.15) is 11.3 Å². The van der Waals surface area contributed by atoms with Crippen LogP contribution in [-0.2, 0) is 16.4 Å². The molecule has 37 heavy (non-hydrogen) atoms. The minimum absolute atomic E-state index is 0.147. The molecule has 1 fully saturated rings. The number of hydrogen-bond donors (Lipinski definition) is 2. The summed E-state index contributed by atoms with van der Waals surface area (Å²) >= 11 is 0. The van der Waals surface area contributed by atoms with E-state index in [0.29, 0.717) is 67.0 Å². The maximum absolute atomic E-state index is 12.7. The van der Waals surface area contributed by atoms with Gasteiger partial charge in [-0.15, -0.1) is 0 Å². The molecule has 14 heteroatoms. The lowest BCUT2D eigenvalue weighted by Crippen LogP contribution is -2.43. The number of nitrogens with zero attached hydrogens (tertiary/aromatic N) is 6. The Hall–Kier alpha value is -4.04. The van der Waals surface area contributed by atoms with Crippen molar-refractivity contribution in [3.63, 3.8) is 0 Å². The molecule has 0 aliphatic carbocycles. The van der Waals surface area contributed by atoms with Crippen molar-refractivity contribution in [1.29, 1.82) is 0 Å². The average molecular weight is 527 g/mol. The maximum Gasteiger partial charge on any atom is 0.251 e. The first-order chi connectivity index (χ1) is 17.8. The second-order valence-corrected chi connectivity index (χ2v) is 10.9. The molecule has 1 amide bonds. The number of nitrogens with one attached hydrogen (secondary N) is 1. The van der Waals surface area contributed by atoms with Crippen LogP contribution in [0.25, 0.3) is 22.6 Å². The van der Waals surface area contributed by atoms with Crippen LogP contribution in [0.3, 0.4) is 0 Å². The first-order valence-electron chi connectivity index (χ1n) is 11.8. The lowest BCUT2D eigenvalue weighted by atomic mass is 10.2. The first-order valence-corrected chi connectivity index (χ1v) is 13.6. The highest BCUT2D eigenvalue weighted by atomic mass is 32.2. The Kier molecular flexibility index (Phi) is 6.76. The molecule has 3 N–H and O–H groups in total. The number of sulfone groups is 1. The predicted molar refractivity (Wildman–Crippen MR) is 135 cm³/mol. The first kappa shape index (κ1) is 24.6. The number of fused-ring (bicyclic) bond motifs is 1. The van der Waals surface area contributed by atoms with E-state index in [9.17, 15) is 13.2 Å². The number of imidazole rings is 1. The molecule has 1 aromatic carbocycles. The third kappa shape index (κ3) is 5.39. The number of aromatic nitrogens is 5. The van der Waals surface area contributed by atoms with Crippen molar-refractivity contribution in [3.05, 3.63) is 42.1 Å². The number of anilines is 1. The van der Waals surface area contributed by atoms with Gasteiger partial charge < -0.3 is 20.4 Å². The Bertz CT molecular complexity index is 1530. The van der Waals surface area contributed by atoms with Crippen LogP contribution >= 0.6 is 0 Å². The lowest BCUT2D eigenvalue weighted by molar-refractivity contribution is 0.0948. The van der Waals surface area contributed by atoms with Crippen molar-refractivity contribution >= 4 is 32.6 Å². The highest BCUT2D eigenvalue weighted by Gasteiger charge is 2.22. The van der Waals surface area contributed by atoms with Crippen LogP contribution < -0.4 is 15.8 Å². The molecule has 4 aromatic rings. The van der Waals surface area contributed by atoms with E-state index in [2.05, 4.69) is 25.6 Å². The standard InChI is InChI=1S/C23H26N8O5S/c1-2-31-18-13-19(26-14-17(18)27-22(31)20-21(24)29-36-28-20)35-16-5-3-4-15(12-16)23(32)25-6-7-30-8-10-37(33,34)11-9-30/h3-5,12-14H,2,6-11H2,1H3,(H2,24,29)(H,25,32). The van der Waals surface area contributed by atoms with Gasteiger partial charge in [0.15, 0.2) is 27.2 Å². The Balaban J connectivity index is 1.26. The molecule has 0 saturated carbocycles. The number of carbonyl (C=O) groups is 1. The number of aryl methyl sites for hydroxylation is 1. The molecule has 0 radical (unpaired) electrons. The van der Waals surface area contributed by atoms with E-state index < -0.39 is 9.84 Å². The molecule has 194 valence electrons. The number of nitrogens with two attached hydrogens (primary N) is 1. The molecule has 4 heterocycles. The van der Waals surface area contributed by atoms with E-state index >= 15 is 0 Å². The van der Waals surface area contributed by atoms with Gasteiger partial charge in [-0.25, -0.2) is 23.0 Å². The number of hydrogen-bond acceptors (Lipinski definition) is 11. The van der Waals surface area contributed by atoms with Crippen molar-refractivity contribution < 1.29 is 22.6 Å². The monoisotopic (exact) mass is 526 g/mol. The molecular weight excluding hydrogens is 500 g/mol. The van der Waals surface area contributed by atoms with Crippen LogP contribution in [0.5, 0.6) is 11.6 Å². The molecule has 3 aromatic heterocycles. The second kappa shape index (κ2) is 10.1. The number of benzene rings is 1. The minimum atomic E-state index is -2.92. The molecule has 0 bridgehead atoms. The van der Waals surface area contributed by atoms with Crippen molar-refractivity contribution in [3.8, 4) is 23.1 Å². The Morgan fingerprint density at radius 3 is 2.76 bits per heavy atom. The summed E-state index contributed by atoms with van der Waals surface area (Å²) < 4.78 is 35.7. The summed E-state index contributed by atoms with van der Waals surface area (Å²) in [6.45, 7) is 4.52. The molecule has 0 spiro atoms. The normalized spacial score (nSPS) is 15.6. The van der Waals surface area contributed by atoms with Gasteiger partial charge in [-0.2, -0.15) is 0 Å². The van der Waals surface area contributed by atoms with Gasteiger partial charge in [0.2, 0.25) is 5.88 Å². The smallest absolute Gasteiger partial charge is 0.251 e. The Morgan fingerprint density at radius 2 is 2.03 bits per heavy atom. The van der Waals surface area contributed by atoms with E-state index in [1.54, 1.807) is 36.5 Å². The van der Waals surface area contributed by atoms with Crippen LogP contribution in [0, 0.1) is 0 Å². The summed E-state index contributed by atoms with van der Waals surface area (Å²) in [7, 11) is -2.92. The van der Waals surface area contributed by atoms with Crippen molar-refractivity contribution in [2.24, 2.45) is 0 Å². The molecule has 1 aliphatic heterocycles. The molecule has 0 atom stereocenters. The number of nitrogen functional groups attached to an aromatic ring is 1. The van der Waals surface area contributed by atoms with Crippen LogP contribution in [0.1, 0.15) is 17.3 Å². The van der Waals surface area contributed by atoms with E-state index in [1.165, 1.54) is 0 Å². The van der Waals surface area contributed by atoms with Gasteiger partial charge >= 0.3 is 0 Å². The molecule has 5 rings (SSSR count). The lowest BCUT2D eigenvalue weighted by Gasteiger charge is -2.26. The summed E-state index contributed by atoms with van der Waals surface area (Å²) in [5.41, 5.74) is 8.04. The van der Waals surface area contributed by atoms with Gasteiger partial charge in [-0.1, -0.05) is 6.07 Å². The topological polar surface area (TPSA) is 171 Å². The summed E-state index contributed by atoms with van der Waals surface area (Å²) in [5.74, 6) is 1.52. The fourth-order valence-electron chi connectivity index (χ4n) is 4.14. The summed E-state index contributed by atoms with van der Waals surface area (Å²) in [4.78, 5) is 23.6. The number of amides is 1. The maximum atomic E-state index is 12.7. The average Bonchev–Trinajstić information content (AvgIpc) is 3.47. The van der Waals surface area contributed by atoms with Crippen LogP contribution in [0.2, 0.25) is 0 Å². The summed E-state index contributed by atoms with van der Waals surface area (Å²) in [6.07, 6.45) is 1.59. The summed E-state index contributed by atoms with van der Waals surface area (Å²) in [6, 6.07) is 8.55. The third-order valence-electron chi connectivity index (χ3n) is 6.12. The minimum Gasteiger partial charge on any atom is -0.439 e. The van der Waals surface area contributed by atoms with Gasteiger partial charge in [0.05, 0.1) is 23.2 Å². The van der Waals surface area contributed by atoms with E-state index in [0.717, 1.165) is 5.52 Å². The highest BCUT2D eigenvalue weighted by Crippen LogP contribution is 2.29. The number of carbonyl (C=O) groups excluding carboxylic acids is 1. The van der Waals surface area contributed by atoms with E-state index in [1.807, 2.05) is 16.4 Å².